The van der Waals surface area contributed by atoms with E-state index in [1.165, 1.54) is 25.7 Å². The summed E-state index contributed by atoms with van der Waals surface area (Å²) in [6.45, 7) is 0. The van der Waals surface area contributed by atoms with Crippen molar-refractivity contribution in [2.45, 2.75) is 50.6 Å². The molecule has 1 amide bonds. The summed E-state index contributed by atoms with van der Waals surface area (Å²) in [6.07, 6.45) is 8.57. The molecule has 2 aliphatic carbocycles. The van der Waals surface area contributed by atoms with E-state index >= 15 is 0 Å². The normalized spacial score (nSPS) is 19.8. The van der Waals surface area contributed by atoms with Crippen LogP contribution in [0.5, 0.6) is 0 Å². The predicted octanol–water partition coefficient (Wildman–Crippen LogP) is 1.72. The number of hydrogen-bond acceptors (Lipinski definition) is 4. The Hall–Kier alpha value is -1.65. The molecular weight excluding hydrogens is 228 g/mol. The molecule has 0 aliphatic heterocycles. The van der Waals surface area contributed by atoms with E-state index < -0.39 is 0 Å². The molecule has 0 atom stereocenters. The zero-order valence-corrected chi connectivity index (χ0v) is 10.4. The predicted molar refractivity (Wildman–Crippen MR) is 68.4 cm³/mol. The van der Waals surface area contributed by atoms with Gasteiger partial charge in [-0.3, -0.25) is 4.79 Å². The van der Waals surface area contributed by atoms with Crippen LogP contribution in [-0.2, 0) is 0 Å². The summed E-state index contributed by atoms with van der Waals surface area (Å²) < 4.78 is 0. The summed E-state index contributed by atoms with van der Waals surface area (Å²) in [4.78, 5) is 20.4. The Morgan fingerprint density at radius 2 is 1.94 bits per heavy atom. The number of nitrogens with one attached hydrogen (secondary N) is 2. The van der Waals surface area contributed by atoms with Crippen molar-refractivity contribution in [2.75, 3.05) is 5.32 Å². The summed E-state index contributed by atoms with van der Waals surface area (Å²) in [6, 6.07) is 2.49. The van der Waals surface area contributed by atoms with E-state index in [2.05, 4.69) is 20.6 Å². The Morgan fingerprint density at radius 1 is 1.17 bits per heavy atom. The Morgan fingerprint density at radius 3 is 2.67 bits per heavy atom. The quantitative estimate of drug-likeness (QED) is 0.849. The number of rotatable bonds is 4. The van der Waals surface area contributed by atoms with Crippen LogP contribution in [0.3, 0.4) is 0 Å². The largest absolute Gasteiger partial charge is 0.351 e. The van der Waals surface area contributed by atoms with Gasteiger partial charge in [0.15, 0.2) is 0 Å². The molecular formula is C13H18N4O. The van der Waals surface area contributed by atoms with Crippen LogP contribution in [-0.4, -0.2) is 28.0 Å². The molecule has 0 spiro atoms. The molecule has 2 saturated carbocycles. The molecule has 0 bridgehead atoms. The van der Waals surface area contributed by atoms with E-state index in [4.69, 9.17) is 0 Å². The third-order valence-corrected chi connectivity index (χ3v) is 3.49. The van der Waals surface area contributed by atoms with Crippen molar-refractivity contribution >= 4 is 11.9 Å². The van der Waals surface area contributed by atoms with Crippen molar-refractivity contribution < 1.29 is 4.79 Å². The second-order valence-corrected chi connectivity index (χ2v) is 5.14. The molecule has 0 saturated heterocycles. The maximum Gasteiger partial charge on any atom is 0.270 e. The molecule has 1 aromatic heterocycles. The van der Waals surface area contributed by atoms with Gasteiger partial charge in [-0.2, -0.15) is 0 Å². The number of aromatic nitrogens is 2. The van der Waals surface area contributed by atoms with Crippen LogP contribution in [0.1, 0.15) is 49.0 Å². The lowest BCUT2D eigenvalue weighted by Gasteiger charge is -2.11. The number of amides is 1. The zero-order chi connectivity index (χ0) is 12.4. The first kappa shape index (κ1) is 11.4. The minimum absolute atomic E-state index is 0.0804. The van der Waals surface area contributed by atoms with E-state index in [-0.39, 0.29) is 5.91 Å². The van der Waals surface area contributed by atoms with Crippen LogP contribution < -0.4 is 10.6 Å². The summed E-state index contributed by atoms with van der Waals surface area (Å²) in [5.41, 5.74) is 0.458. The Bertz CT molecular complexity index is 438. The Balaban J connectivity index is 1.64. The smallest absolute Gasteiger partial charge is 0.270 e. The van der Waals surface area contributed by atoms with Crippen LogP contribution in [0.4, 0.5) is 5.95 Å². The van der Waals surface area contributed by atoms with Gasteiger partial charge in [-0.1, -0.05) is 12.8 Å². The van der Waals surface area contributed by atoms with Gasteiger partial charge in [-0.15, -0.1) is 0 Å². The molecule has 5 heteroatoms. The highest BCUT2D eigenvalue weighted by atomic mass is 16.1. The van der Waals surface area contributed by atoms with Crippen molar-refractivity contribution in [3.63, 3.8) is 0 Å². The number of carbonyl (C=O) groups excluding carboxylic acids is 1. The molecule has 18 heavy (non-hydrogen) atoms. The maximum atomic E-state index is 12.0. The van der Waals surface area contributed by atoms with Gasteiger partial charge in [0.25, 0.3) is 5.91 Å². The number of anilines is 1. The van der Waals surface area contributed by atoms with E-state index in [1.54, 1.807) is 12.3 Å². The van der Waals surface area contributed by atoms with Crippen LogP contribution in [0.25, 0.3) is 0 Å². The lowest BCUT2D eigenvalue weighted by Crippen LogP contribution is -2.33. The number of carbonyl (C=O) groups is 1. The minimum atomic E-state index is -0.0804. The average Bonchev–Trinajstić information content (AvgIpc) is 3.04. The van der Waals surface area contributed by atoms with Crippen molar-refractivity contribution in [1.29, 1.82) is 0 Å². The average molecular weight is 246 g/mol. The standard InChI is InChI=1S/C13H18N4O/c18-12(15-9-3-1-2-4-9)11-7-8-14-13(17-11)16-10-5-6-10/h7-10H,1-6H2,(H,15,18)(H,14,16,17). The number of hydrogen-bond donors (Lipinski definition) is 2. The van der Waals surface area contributed by atoms with Crippen molar-refractivity contribution in [3.8, 4) is 0 Å². The SMILES string of the molecule is O=C(NC1CCCC1)c1ccnc(NC2CC2)n1. The third kappa shape index (κ3) is 2.78. The highest BCUT2D eigenvalue weighted by Gasteiger charge is 2.23. The summed E-state index contributed by atoms with van der Waals surface area (Å²) in [5.74, 6) is 0.486. The summed E-state index contributed by atoms with van der Waals surface area (Å²) in [7, 11) is 0. The fraction of sp³-hybridized carbons (Fsp3) is 0.615. The topological polar surface area (TPSA) is 66.9 Å². The van der Waals surface area contributed by atoms with Gasteiger partial charge in [-0.25, -0.2) is 9.97 Å². The van der Waals surface area contributed by atoms with Gasteiger partial charge in [0.05, 0.1) is 0 Å². The van der Waals surface area contributed by atoms with E-state index in [0.29, 0.717) is 23.7 Å². The minimum Gasteiger partial charge on any atom is -0.351 e. The first-order chi connectivity index (χ1) is 8.81. The molecule has 2 N–H and O–H groups in total. The first-order valence-electron chi connectivity index (χ1n) is 6.72. The highest BCUT2D eigenvalue weighted by molar-refractivity contribution is 5.92. The van der Waals surface area contributed by atoms with Gasteiger partial charge in [-0.05, 0) is 31.7 Å². The summed E-state index contributed by atoms with van der Waals surface area (Å²) in [5, 5.41) is 6.24. The molecule has 2 fully saturated rings. The molecule has 1 aromatic rings. The third-order valence-electron chi connectivity index (χ3n) is 3.49. The maximum absolute atomic E-state index is 12.0. The van der Waals surface area contributed by atoms with Crippen LogP contribution >= 0.6 is 0 Å². The van der Waals surface area contributed by atoms with Crippen molar-refractivity contribution in [2.24, 2.45) is 0 Å². The molecule has 1 heterocycles. The molecule has 96 valence electrons. The molecule has 0 aromatic carbocycles. The van der Waals surface area contributed by atoms with Crippen LogP contribution in [0.15, 0.2) is 12.3 Å². The lowest BCUT2D eigenvalue weighted by atomic mass is 10.2. The van der Waals surface area contributed by atoms with Crippen molar-refractivity contribution in [1.82, 2.24) is 15.3 Å². The molecule has 0 radical (unpaired) electrons. The van der Waals surface area contributed by atoms with E-state index in [0.717, 1.165) is 12.8 Å². The van der Waals surface area contributed by atoms with Gasteiger partial charge >= 0.3 is 0 Å². The van der Waals surface area contributed by atoms with E-state index in [1.807, 2.05) is 0 Å². The van der Waals surface area contributed by atoms with Gasteiger partial charge in [0.1, 0.15) is 5.69 Å². The molecule has 0 unspecified atom stereocenters. The fourth-order valence-electron chi connectivity index (χ4n) is 2.29. The van der Waals surface area contributed by atoms with Gasteiger partial charge < -0.3 is 10.6 Å². The number of nitrogens with zero attached hydrogens (tertiary/aromatic N) is 2. The second-order valence-electron chi connectivity index (χ2n) is 5.14. The zero-order valence-electron chi connectivity index (χ0n) is 10.4. The Kier molecular flexibility index (Phi) is 3.13. The lowest BCUT2D eigenvalue weighted by molar-refractivity contribution is 0.0933. The van der Waals surface area contributed by atoms with Crippen LogP contribution in [0.2, 0.25) is 0 Å². The molecule has 2 aliphatic rings. The monoisotopic (exact) mass is 246 g/mol. The first-order valence-corrected chi connectivity index (χ1v) is 6.72. The summed E-state index contributed by atoms with van der Waals surface area (Å²) >= 11 is 0. The molecule has 5 nitrogen and oxygen atoms in total. The van der Waals surface area contributed by atoms with Gasteiger partial charge in [0.2, 0.25) is 5.95 Å². The van der Waals surface area contributed by atoms with Crippen molar-refractivity contribution in [3.05, 3.63) is 18.0 Å². The second kappa shape index (κ2) is 4.92. The molecule has 3 rings (SSSR count). The highest BCUT2D eigenvalue weighted by Crippen LogP contribution is 2.22. The fourth-order valence-corrected chi connectivity index (χ4v) is 2.29. The Labute approximate surface area is 106 Å². The van der Waals surface area contributed by atoms with Gasteiger partial charge in [0, 0.05) is 18.3 Å². The van der Waals surface area contributed by atoms with E-state index in [9.17, 15) is 4.79 Å². The van der Waals surface area contributed by atoms with Crippen LogP contribution in [0, 0.1) is 0 Å².